The van der Waals surface area contributed by atoms with Gasteiger partial charge in [-0.1, -0.05) is 0 Å². The zero-order chi connectivity index (χ0) is 14.5. The number of likely N-dealkylation sites (N-methyl/N-ethyl adjacent to an activating group) is 1. The van der Waals surface area contributed by atoms with Crippen LogP contribution >= 0.6 is 0 Å². The van der Waals surface area contributed by atoms with E-state index in [2.05, 4.69) is 14.9 Å². The van der Waals surface area contributed by atoms with Crippen molar-refractivity contribution in [2.24, 2.45) is 0 Å². The fourth-order valence-corrected chi connectivity index (χ4v) is 2.99. The zero-order valence-electron chi connectivity index (χ0n) is 11.9. The summed E-state index contributed by atoms with van der Waals surface area (Å²) in [5.74, 6) is 0. The Kier molecular flexibility index (Phi) is 5.92. The van der Waals surface area contributed by atoms with Crippen molar-refractivity contribution in [2.75, 3.05) is 40.4 Å². The van der Waals surface area contributed by atoms with Crippen LogP contribution in [-0.2, 0) is 14.8 Å². The first-order valence-corrected chi connectivity index (χ1v) is 7.56. The van der Waals surface area contributed by atoms with Gasteiger partial charge in [0.05, 0.1) is 24.6 Å². The lowest BCUT2D eigenvalue weighted by Gasteiger charge is -2.10. The number of rotatable bonds is 8. The molecule has 0 saturated carbocycles. The van der Waals surface area contributed by atoms with Crippen LogP contribution in [0.3, 0.4) is 0 Å². The maximum absolute atomic E-state index is 12.0. The van der Waals surface area contributed by atoms with Gasteiger partial charge in [0.1, 0.15) is 4.90 Å². The van der Waals surface area contributed by atoms with E-state index in [1.54, 1.807) is 13.8 Å². The minimum atomic E-state index is -3.52. The number of nitrogens with one attached hydrogen (secondary N) is 2. The molecule has 1 aromatic heterocycles. The van der Waals surface area contributed by atoms with E-state index in [-0.39, 0.29) is 11.4 Å². The molecule has 0 aliphatic carbocycles. The quantitative estimate of drug-likeness (QED) is 0.652. The smallest absolute Gasteiger partial charge is 0.244 e. The molecule has 0 spiro atoms. The minimum Gasteiger partial charge on any atom is -0.379 e. The zero-order valence-corrected chi connectivity index (χ0v) is 12.7. The highest BCUT2D eigenvalue weighted by molar-refractivity contribution is 7.89. The number of hydrogen-bond acceptors (Lipinski definition) is 5. The normalized spacial score (nSPS) is 12.3. The first-order chi connectivity index (χ1) is 8.84. The maximum Gasteiger partial charge on any atom is 0.244 e. The van der Waals surface area contributed by atoms with Gasteiger partial charge in [-0.05, 0) is 27.9 Å². The molecule has 0 radical (unpaired) electrons. The van der Waals surface area contributed by atoms with Crippen molar-refractivity contribution in [3.05, 3.63) is 11.4 Å². The molecule has 0 atom stereocenters. The molecule has 0 aliphatic heterocycles. The number of H-pyrrole nitrogens is 1. The lowest BCUT2D eigenvalue weighted by Crippen LogP contribution is -2.29. The van der Waals surface area contributed by atoms with Gasteiger partial charge in [0.2, 0.25) is 10.0 Å². The largest absolute Gasteiger partial charge is 0.379 e. The summed E-state index contributed by atoms with van der Waals surface area (Å²) < 4.78 is 31.9. The average Bonchev–Trinajstić information content (AvgIpc) is 2.63. The molecule has 1 rings (SSSR count). The summed E-state index contributed by atoms with van der Waals surface area (Å²) in [5.41, 5.74) is 1.01. The number of sulfonamides is 1. The topological polar surface area (TPSA) is 87.3 Å². The number of nitrogens with zero attached hydrogens (tertiary/aromatic N) is 2. The van der Waals surface area contributed by atoms with Gasteiger partial charge in [-0.15, -0.1) is 0 Å². The fraction of sp³-hybridized carbons (Fsp3) is 0.727. The molecule has 110 valence electrons. The molecule has 0 aliphatic rings. The van der Waals surface area contributed by atoms with E-state index in [4.69, 9.17) is 4.74 Å². The third kappa shape index (κ3) is 4.90. The summed E-state index contributed by atoms with van der Waals surface area (Å²) in [6, 6.07) is 0. The SMILES string of the molecule is Cc1n[nH]c(C)c1S(=O)(=O)NCCOCCN(C)C. The Hall–Kier alpha value is -0.960. The van der Waals surface area contributed by atoms with Gasteiger partial charge in [0.25, 0.3) is 0 Å². The second-order valence-electron chi connectivity index (χ2n) is 4.58. The second-order valence-corrected chi connectivity index (χ2v) is 6.28. The van der Waals surface area contributed by atoms with Crippen LogP contribution in [0.1, 0.15) is 11.4 Å². The monoisotopic (exact) mass is 290 g/mol. The van der Waals surface area contributed by atoms with E-state index in [0.29, 0.717) is 24.6 Å². The standard InChI is InChI=1S/C11H22N4O3S/c1-9-11(10(2)14-13-9)19(16,17)12-5-7-18-8-6-15(3)4/h12H,5-8H2,1-4H3,(H,13,14). The van der Waals surface area contributed by atoms with Crippen LogP contribution in [0.5, 0.6) is 0 Å². The van der Waals surface area contributed by atoms with Gasteiger partial charge in [-0.3, -0.25) is 5.10 Å². The molecule has 0 fully saturated rings. The Morgan fingerprint density at radius 3 is 2.53 bits per heavy atom. The molecule has 1 heterocycles. The third-order valence-electron chi connectivity index (χ3n) is 2.55. The molecule has 0 bridgehead atoms. The fourth-order valence-electron chi connectivity index (χ4n) is 1.61. The summed E-state index contributed by atoms with van der Waals surface area (Å²) in [6.07, 6.45) is 0. The lowest BCUT2D eigenvalue weighted by molar-refractivity contribution is 0.122. The van der Waals surface area contributed by atoms with Crippen LogP contribution < -0.4 is 4.72 Å². The Labute approximate surface area is 114 Å². The van der Waals surface area contributed by atoms with Crippen molar-refractivity contribution in [1.82, 2.24) is 19.8 Å². The molecule has 0 saturated heterocycles. The predicted molar refractivity (Wildman–Crippen MR) is 72.6 cm³/mol. The van der Waals surface area contributed by atoms with Crippen LogP contribution in [0, 0.1) is 13.8 Å². The number of aromatic nitrogens is 2. The van der Waals surface area contributed by atoms with Crippen LogP contribution in [0.15, 0.2) is 4.90 Å². The summed E-state index contributed by atoms with van der Waals surface area (Å²) in [6.45, 7) is 5.34. The molecule has 7 nitrogen and oxygen atoms in total. The average molecular weight is 290 g/mol. The van der Waals surface area contributed by atoms with Crippen LogP contribution in [0.4, 0.5) is 0 Å². The van der Waals surface area contributed by atoms with Crippen LogP contribution in [0.2, 0.25) is 0 Å². The lowest BCUT2D eigenvalue weighted by atomic mass is 10.4. The molecular formula is C11H22N4O3S. The molecular weight excluding hydrogens is 268 g/mol. The molecule has 19 heavy (non-hydrogen) atoms. The third-order valence-corrected chi connectivity index (χ3v) is 4.27. The summed E-state index contributed by atoms with van der Waals surface area (Å²) in [7, 11) is 0.394. The van der Waals surface area contributed by atoms with Crippen molar-refractivity contribution < 1.29 is 13.2 Å². The van der Waals surface area contributed by atoms with E-state index in [1.807, 2.05) is 19.0 Å². The summed E-state index contributed by atoms with van der Waals surface area (Å²) in [5, 5.41) is 6.54. The van der Waals surface area contributed by atoms with Crippen molar-refractivity contribution in [2.45, 2.75) is 18.7 Å². The van der Waals surface area contributed by atoms with Gasteiger partial charge < -0.3 is 9.64 Å². The highest BCUT2D eigenvalue weighted by Crippen LogP contribution is 2.15. The summed E-state index contributed by atoms with van der Waals surface area (Å²) >= 11 is 0. The van der Waals surface area contributed by atoms with Crippen LogP contribution in [-0.4, -0.2) is 63.9 Å². The highest BCUT2D eigenvalue weighted by Gasteiger charge is 2.21. The van der Waals surface area contributed by atoms with Gasteiger partial charge in [0.15, 0.2) is 0 Å². The molecule has 0 aromatic carbocycles. The molecule has 0 amide bonds. The predicted octanol–water partition coefficient (Wildman–Crippen LogP) is -0.117. The number of hydrogen-bond donors (Lipinski definition) is 2. The van der Waals surface area contributed by atoms with E-state index >= 15 is 0 Å². The van der Waals surface area contributed by atoms with Gasteiger partial charge in [-0.2, -0.15) is 5.10 Å². The Morgan fingerprint density at radius 2 is 2.00 bits per heavy atom. The second kappa shape index (κ2) is 6.99. The van der Waals surface area contributed by atoms with Crippen LogP contribution in [0.25, 0.3) is 0 Å². The maximum atomic E-state index is 12.0. The first-order valence-electron chi connectivity index (χ1n) is 6.08. The van der Waals surface area contributed by atoms with Crippen molar-refractivity contribution >= 4 is 10.0 Å². The van der Waals surface area contributed by atoms with Crippen molar-refractivity contribution in [1.29, 1.82) is 0 Å². The van der Waals surface area contributed by atoms with Gasteiger partial charge in [0, 0.05) is 13.1 Å². The Balaban J connectivity index is 2.40. The Morgan fingerprint density at radius 1 is 1.32 bits per heavy atom. The van der Waals surface area contributed by atoms with Gasteiger partial charge >= 0.3 is 0 Å². The Bertz CT molecular complexity index is 477. The van der Waals surface area contributed by atoms with E-state index in [9.17, 15) is 8.42 Å². The van der Waals surface area contributed by atoms with Crippen molar-refractivity contribution in [3.63, 3.8) is 0 Å². The van der Waals surface area contributed by atoms with Gasteiger partial charge in [-0.25, -0.2) is 13.1 Å². The summed E-state index contributed by atoms with van der Waals surface area (Å²) in [4.78, 5) is 2.23. The van der Waals surface area contributed by atoms with E-state index in [0.717, 1.165) is 6.54 Å². The van der Waals surface area contributed by atoms with Crippen molar-refractivity contribution in [3.8, 4) is 0 Å². The van der Waals surface area contributed by atoms with E-state index < -0.39 is 10.0 Å². The molecule has 1 aromatic rings. The molecule has 2 N–H and O–H groups in total. The number of aromatic amines is 1. The number of ether oxygens (including phenoxy) is 1. The van der Waals surface area contributed by atoms with E-state index in [1.165, 1.54) is 0 Å². The minimum absolute atomic E-state index is 0.223. The molecule has 0 unspecified atom stereocenters. The first kappa shape index (κ1) is 16.1. The molecule has 8 heteroatoms. The number of aryl methyl sites for hydroxylation is 2. The highest BCUT2D eigenvalue weighted by atomic mass is 32.2.